The van der Waals surface area contributed by atoms with Crippen molar-refractivity contribution in [3.63, 3.8) is 0 Å². The summed E-state index contributed by atoms with van der Waals surface area (Å²) < 4.78 is 0. The maximum Gasteiger partial charge on any atom is 0.303 e. The van der Waals surface area contributed by atoms with Crippen molar-refractivity contribution in [2.45, 2.75) is 64.2 Å². The van der Waals surface area contributed by atoms with Crippen molar-refractivity contribution in [3.8, 4) is 0 Å². The van der Waals surface area contributed by atoms with Crippen LogP contribution in [-0.2, 0) is 14.4 Å². The van der Waals surface area contributed by atoms with E-state index in [0.29, 0.717) is 6.54 Å². The lowest BCUT2D eigenvalue weighted by Crippen LogP contribution is -2.33. The summed E-state index contributed by atoms with van der Waals surface area (Å²) >= 11 is 0. The van der Waals surface area contributed by atoms with E-state index in [1.54, 1.807) is 0 Å². The lowest BCUT2D eigenvalue weighted by atomic mass is 9.82. The fraction of sp³-hybridized carbons (Fsp3) is 0.812. The fourth-order valence-electron chi connectivity index (χ4n) is 2.80. The highest BCUT2D eigenvalue weighted by Crippen LogP contribution is 2.27. The van der Waals surface area contributed by atoms with Gasteiger partial charge in [-0.2, -0.15) is 0 Å². The number of carboxylic acids is 1. The Kier molecular flexibility index (Phi) is 8.71. The summed E-state index contributed by atoms with van der Waals surface area (Å²) in [5, 5.41) is 11.5. The van der Waals surface area contributed by atoms with Gasteiger partial charge in [-0.05, 0) is 38.5 Å². The zero-order valence-electron chi connectivity index (χ0n) is 12.7. The number of hydrogen-bond acceptors (Lipinski definition) is 3. The zero-order valence-corrected chi connectivity index (χ0v) is 12.7. The minimum absolute atomic E-state index is 0.0803. The second kappa shape index (κ2) is 10.4. The summed E-state index contributed by atoms with van der Waals surface area (Å²) in [6, 6.07) is 0. The van der Waals surface area contributed by atoms with Gasteiger partial charge in [-0.1, -0.05) is 19.3 Å². The Hall–Kier alpha value is -1.39. The van der Waals surface area contributed by atoms with Gasteiger partial charge in [0, 0.05) is 24.8 Å². The van der Waals surface area contributed by atoms with Crippen molar-refractivity contribution in [1.82, 2.24) is 5.32 Å². The number of nitrogens with one attached hydrogen (secondary N) is 1. The highest BCUT2D eigenvalue weighted by molar-refractivity contribution is 5.78. The van der Waals surface area contributed by atoms with Crippen LogP contribution in [0.2, 0.25) is 0 Å². The molecule has 2 N–H and O–H groups in total. The van der Waals surface area contributed by atoms with Crippen LogP contribution in [0.15, 0.2) is 0 Å². The molecule has 0 bridgehead atoms. The highest BCUT2D eigenvalue weighted by Gasteiger charge is 2.25. The first kappa shape index (κ1) is 17.7. The third kappa shape index (κ3) is 7.83. The van der Waals surface area contributed by atoms with Crippen molar-refractivity contribution in [2.75, 3.05) is 6.54 Å². The average Bonchev–Trinajstić information content (AvgIpc) is 2.49. The van der Waals surface area contributed by atoms with E-state index < -0.39 is 5.97 Å². The van der Waals surface area contributed by atoms with E-state index in [9.17, 15) is 14.4 Å². The highest BCUT2D eigenvalue weighted by atomic mass is 16.4. The average molecular weight is 297 g/mol. The van der Waals surface area contributed by atoms with Crippen molar-refractivity contribution < 1.29 is 19.5 Å². The molecule has 0 aromatic rings. The van der Waals surface area contributed by atoms with Gasteiger partial charge in [0.1, 0.15) is 6.29 Å². The SMILES string of the molecule is O=CC1CCC(C(=O)NCCCCCCCC(=O)O)CC1. The molecule has 0 saturated heterocycles. The first-order chi connectivity index (χ1) is 10.1. The minimum Gasteiger partial charge on any atom is -0.481 e. The van der Waals surface area contributed by atoms with Crippen molar-refractivity contribution in [2.24, 2.45) is 11.8 Å². The van der Waals surface area contributed by atoms with Crippen LogP contribution < -0.4 is 5.32 Å². The number of carbonyl (C=O) groups is 3. The largest absolute Gasteiger partial charge is 0.481 e. The van der Waals surface area contributed by atoms with Crippen molar-refractivity contribution in [3.05, 3.63) is 0 Å². The summed E-state index contributed by atoms with van der Waals surface area (Å²) in [5.41, 5.74) is 0. The van der Waals surface area contributed by atoms with Gasteiger partial charge in [0.05, 0.1) is 0 Å². The van der Waals surface area contributed by atoms with E-state index in [1.165, 1.54) is 0 Å². The fourth-order valence-corrected chi connectivity index (χ4v) is 2.80. The monoisotopic (exact) mass is 297 g/mol. The van der Waals surface area contributed by atoms with E-state index in [1.807, 2.05) is 0 Å². The molecule has 0 heterocycles. The van der Waals surface area contributed by atoms with Gasteiger partial charge >= 0.3 is 5.97 Å². The minimum atomic E-state index is -0.730. The molecule has 1 saturated carbocycles. The molecule has 0 aromatic carbocycles. The molecule has 120 valence electrons. The van der Waals surface area contributed by atoms with Gasteiger partial charge in [0.2, 0.25) is 5.91 Å². The number of rotatable bonds is 10. The second-order valence-corrected chi connectivity index (χ2v) is 5.95. The molecule has 0 aliphatic heterocycles. The van der Waals surface area contributed by atoms with Gasteiger partial charge in [-0.3, -0.25) is 9.59 Å². The molecular formula is C16H27NO4. The predicted molar refractivity (Wildman–Crippen MR) is 79.9 cm³/mol. The van der Waals surface area contributed by atoms with Gasteiger partial charge in [0.15, 0.2) is 0 Å². The Morgan fingerprint density at radius 1 is 1.00 bits per heavy atom. The lowest BCUT2D eigenvalue weighted by Gasteiger charge is -2.24. The third-order valence-corrected chi connectivity index (χ3v) is 4.20. The van der Waals surface area contributed by atoms with E-state index in [-0.39, 0.29) is 24.2 Å². The second-order valence-electron chi connectivity index (χ2n) is 5.95. The maximum absolute atomic E-state index is 11.9. The molecule has 1 amide bonds. The molecule has 1 fully saturated rings. The van der Waals surface area contributed by atoms with Gasteiger partial charge in [0.25, 0.3) is 0 Å². The number of aldehydes is 1. The zero-order chi connectivity index (χ0) is 15.5. The van der Waals surface area contributed by atoms with Gasteiger partial charge < -0.3 is 15.2 Å². The molecule has 5 nitrogen and oxygen atoms in total. The maximum atomic E-state index is 11.9. The number of carbonyl (C=O) groups excluding carboxylic acids is 2. The van der Waals surface area contributed by atoms with Crippen LogP contribution in [0.4, 0.5) is 0 Å². The van der Waals surface area contributed by atoms with Crippen LogP contribution in [0.3, 0.4) is 0 Å². The van der Waals surface area contributed by atoms with Crippen LogP contribution in [-0.4, -0.2) is 29.8 Å². The molecule has 5 heteroatoms. The van der Waals surface area contributed by atoms with Crippen LogP contribution in [0.5, 0.6) is 0 Å². The molecule has 21 heavy (non-hydrogen) atoms. The Morgan fingerprint density at radius 3 is 2.24 bits per heavy atom. The van der Waals surface area contributed by atoms with Gasteiger partial charge in [-0.15, -0.1) is 0 Å². The van der Waals surface area contributed by atoms with Crippen LogP contribution in [0, 0.1) is 11.8 Å². The molecule has 0 atom stereocenters. The van der Waals surface area contributed by atoms with Crippen LogP contribution in [0.25, 0.3) is 0 Å². The lowest BCUT2D eigenvalue weighted by molar-refractivity contribution is -0.137. The number of carboxylic acid groups (broad SMARTS) is 1. The van der Waals surface area contributed by atoms with E-state index in [0.717, 1.165) is 64.1 Å². The van der Waals surface area contributed by atoms with Crippen molar-refractivity contribution in [1.29, 1.82) is 0 Å². The quantitative estimate of drug-likeness (QED) is 0.479. The standard InChI is InChI=1S/C16H27NO4/c18-12-13-7-9-14(10-8-13)16(21)17-11-5-3-1-2-4-6-15(19)20/h12-14H,1-11H2,(H,17,21)(H,19,20). The van der Waals surface area contributed by atoms with Crippen LogP contribution in [0.1, 0.15) is 64.2 Å². The summed E-state index contributed by atoms with van der Waals surface area (Å²) in [4.78, 5) is 32.9. The predicted octanol–water partition coefficient (Wildman–Crippen LogP) is 2.53. The molecule has 0 spiro atoms. The molecule has 1 rings (SSSR count). The summed E-state index contributed by atoms with van der Waals surface area (Å²) in [5.74, 6) is -0.367. The van der Waals surface area contributed by atoms with Crippen LogP contribution >= 0.6 is 0 Å². The summed E-state index contributed by atoms with van der Waals surface area (Å²) in [6.45, 7) is 0.700. The Morgan fingerprint density at radius 2 is 1.62 bits per heavy atom. The van der Waals surface area contributed by atoms with E-state index >= 15 is 0 Å². The molecule has 0 radical (unpaired) electrons. The van der Waals surface area contributed by atoms with E-state index in [4.69, 9.17) is 5.11 Å². The summed E-state index contributed by atoms with van der Waals surface area (Å²) in [7, 11) is 0. The Bertz CT molecular complexity index is 335. The topological polar surface area (TPSA) is 83.5 Å². The Labute approximate surface area is 126 Å². The van der Waals surface area contributed by atoms with Gasteiger partial charge in [-0.25, -0.2) is 0 Å². The third-order valence-electron chi connectivity index (χ3n) is 4.20. The molecule has 1 aliphatic carbocycles. The smallest absolute Gasteiger partial charge is 0.303 e. The Balaban J connectivity index is 1.96. The first-order valence-electron chi connectivity index (χ1n) is 8.08. The number of hydrogen-bond donors (Lipinski definition) is 2. The molecule has 1 aliphatic rings. The number of aliphatic carboxylic acids is 1. The molecule has 0 aromatic heterocycles. The summed E-state index contributed by atoms with van der Waals surface area (Å²) in [6.07, 6.45) is 9.26. The molecular weight excluding hydrogens is 270 g/mol. The first-order valence-corrected chi connectivity index (χ1v) is 8.08. The van der Waals surface area contributed by atoms with Crippen molar-refractivity contribution >= 4 is 18.2 Å². The van der Waals surface area contributed by atoms with E-state index in [2.05, 4.69) is 5.32 Å². The number of unbranched alkanes of at least 4 members (excludes halogenated alkanes) is 4. The normalized spacial score (nSPS) is 21.7. The number of amides is 1. The molecule has 0 unspecified atom stereocenters.